The van der Waals surface area contributed by atoms with Crippen molar-refractivity contribution in [3.63, 3.8) is 0 Å². The van der Waals surface area contributed by atoms with Crippen LogP contribution >= 0.6 is 0 Å². The molecule has 0 unspecified atom stereocenters. The highest BCUT2D eigenvalue weighted by Gasteiger charge is 2.18. The van der Waals surface area contributed by atoms with Gasteiger partial charge in [0, 0.05) is 24.0 Å². The first kappa shape index (κ1) is 17.5. The molecular weight excluding hydrogens is 328 g/mol. The lowest BCUT2D eigenvalue weighted by Crippen LogP contribution is -2.29. The summed E-state index contributed by atoms with van der Waals surface area (Å²) in [6.45, 7) is 0. The van der Waals surface area contributed by atoms with E-state index in [2.05, 4.69) is 10.3 Å². The molecule has 0 bridgehead atoms. The molecule has 0 fully saturated rings. The summed E-state index contributed by atoms with van der Waals surface area (Å²) in [5, 5.41) is 3.09. The van der Waals surface area contributed by atoms with Crippen molar-refractivity contribution in [3.8, 4) is 11.5 Å². The van der Waals surface area contributed by atoms with Gasteiger partial charge in [0.05, 0.1) is 20.3 Å². The van der Waals surface area contributed by atoms with Gasteiger partial charge in [-0.3, -0.25) is 9.78 Å². The lowest BCUT2D eigenvalue weighted by Gasteiger charge is -2.20. The number of carbonyl (C=O) groups is 1. The monoisotopic (exact) mass is 348 g/mol. The summed E-state index contributed by atoms with van der Waals surface area (Å²) in [6, 6.07) is 18.4. The van der Waals surface area contributed by atoms with Gasteiger partial charge in [0.2, 0.25) is 0 Å². The van der Waals surface area contributed by atoms with Gasteiger partial charge in [-0.25, -0.2) is 0 Å². The number of aromatic nitrogens is 1. The predicted molar refractivity (Wildman–Crippen MR) is 99.5 cm³/mol. The molecule has 2 aromatic carbocycles. The van der Waals surface area contributed by atoms with Crippen LogP contribution in [0.2, 0.25) is 0 Å². The SMILES string of the molecule is COc1cc(OC)cc(C(=O)N[C@@H](c2ccccc2)c2ccncc2)c1. The minimum absolute atomic E-state index is 0.215. The molecule has 1 atom stereocenters. The van der Waals surface area contributed by atoms with Gasteiger partial charge in [-0.05, 0) is 35.4 Å². The Morgan fingerprint density at radius 2 is 1.46 bits per heavy atom. The summed E-state index contributed by atoms with van der Waals surface area (Å²) < 4.78 is 10.5. The Kier molecular flexibility index (Phi) is 5.49. The topological polar surface area (TPSA) is 60.5 Å². The molecule has 1 N–H and O–H groups in total. The fourth-order valence-corrected chi connectivity index (χ4v) is 2.71. The van der Waals surface area contributed by atoms with Crippen LogP contribution in [0.4, 0.5) is 0 Å². The second-order valence-corrected chi connectivity index (χ2v) is 5.70. The molecule has 1 heterocycles. The maximum absolute atomic E-state index is 12.9. The average molecular weight is 348 g/mol. The Morgan fingerprint density at radius 1 is 0.885 bits per heavy atom. The summed E-state index contributed by atoms with van der Waals surface area (Å²) >= 11 is 0. The van der Waals surface area contributed by atoms with E-state index in [1.165, 1.54) is 0 Å². The number of amides is 1. The third-order valence-corrected chi connectivity index (χ3v) is 4.06. The summed E-state index contributed by atoms with van der Waals surface area (Å²) in [7, 11) is 3.11. The molecule has 3 aromatic rings. The Hall–Kier alpha value is -3.34. The molecule has 1 amide bonds. The molecule has 0 saturated heterocycles. The van der Waals surface area contributed by atoms with Gasteiger partial charge < -0.3 is 14.8 Å². The zero-order chi connectivity index (χ0) is 18.4. The molecule has 0 aliphatic rings. The molecule has 0 aliphatic heterocycles. The van der Waals surface area contributed by atoms with Crippen LogP contribution in [-0.4, -0.2) is 25.1 Å². The van der Waals surface area contributed by atoms with E-state index in [0.717, 1.165) is 11.1 Å². The molecule has 0 aliphatic carbocycles. The average Bonchev–Trinajstić information content (AvgIpc) is 2.72. The Labute approximate surface area is 152 Å². The van der Waals surface area contributed by atoms with Crippen molar-refractivity contribution >= 4 is 5.91 Å². The molecule has 0 spiro atoms. The number of methoxy groups -OCH3 is 2. The first-order chi connectivity index (χ1) is 12.7. The molecule has 1 aromatic heterocycles. The molecule has 132 valence electrons. The van der Waals surface area contributed by atoms with Crippen LogP contribution in [0.25, 0.3) is 0 Å². The standard InChI is InChI=1S/C21H20N2O3/c1-25-18-12-17(13-19(14-18)26-2)21(24)23-20(15-6-4-3-5-7-15)16-8-10-22-11-9-16/h3-14,20H,1-2H3,(H,23,24)/t20-/m0/s1. The first-order valence-corrected chi connectivity index (χ1v) is 8.20. The van der Waals surface area contributed by atoms with E-state index in [1.54, 1.807) is 44.8 Å². The summed E-state index contributed by atoms with van der Waals surface area (Å²) in [4.78, 5) is 17.0. The number of nitrogens with one attached hydrogen (secondary N) is 1. The third-order valence-electron chi connectivity index (χ3n) is 4.06. The van der Waals surface area contributed by atoms with Gasteiger partial charge in [-0.2, -0.15) is 0 Å². The van der Waals surface area contributed by atoms with Crippen LogP contribution in [0.5, 0.6) is 11.5 Å². The summed E-state index contributed by atoms with van der Waals surface area (Å²) in [6.07, 6.45) is 3.43. The molecular formula is C21H20N2O3. The van der Waals surface area contributed by atoms with Crippen molar-refractivity contribution in [3.05, 3.63) is 89.7 Å². The van der Waals surface area contributed by atoms with Crippen LogP contribution in [0.1, 0.15) is 27.5 Å². The molecule has 5 nitrogen and oxygen atoms in total. The van der Waals surface area contributed by atoms with E-state index in [0.29, 0.717) is 17.1 Å². The second kappa shape index (κ2) is 8.16. The van der Waals surface area contributed by atoms with E-state index in [1.807, 2.05) is 42.5 Å². The molecule has 0 saturated carbocycles. The highest BCUT2D eigenvalue weighted by molar-refractivity contribution is 5.95. The second-order valence-electron chi connectivity index (χ2n) is 5.70. The Morgan fingerprint density at radius 3 is 2.04 bits per heavy atom. The van der Waals surface area contributed by atoms with Crippen LogP contribution < -0.4 is 14.8 Å². The lowest BCUT2D eigenvalue weighted by atomic mass is 9.99. The normalized spacial score (nSPS) is 11.5. The van der Waals surface area contributed by atoms with Crippen LogP contribution in [0, 0.1) is 0 Å². The highest BCUT2D eigenvalue weighted by atomic mass is 16.5. The largest absolute Gasteiger partial charge is 0.497 e. The number of hydrogen-bond acceptors (Lipinski definition) is 4. The van der Waals surface area contributed by atoms with Crippen molar-refractivity contribution in [1.29, 1.82) is 0 Å². The van der Waals surface area contributed by atoms with Gasteiger partial charge in [0.1, 0.15) is 11.5 Å². The third kappa shape index (κ3) is 4.00. The zero-order valence-electron chi connectivity index (χ0n) is 14.7. The van der Waals surface area contributed by atoms with Crippen molar-refractivity contribution in [1.82, 2.24) is 10.3 Å². The van der Waals surface area contributed by atoms with Crippen molar-refractivity contribution in [2.75, 3.05) is 14.2 Å². The number of hydrogen-bond donors (Lipinski definition) is 1. The van der Waals surface area contributed by atoms with Crippen molar-refractivity contribution in [2.45, 2.75) is 6.04 Å². The van der Waals surface area contributed by atoms with Crippen LogP contribution in [0.3, 0.4) is 0 Å². The Bertz CT molecular complexity index is 805. The number of carbonyl (C=O) groups excluding carboxylic acids is 1. The van der Waals surface area contributed by atoms with Gasteiger partial charge in [-0.15, -0.1) is 0 Å². The fourth-order valence-electron chi connectivity index (χ4n) is 2.71. The molecule has 5 heteroatoms. The van der Waals surface area contributed by atoms with Crippen molar-refractivity contribution < 1.29 is 14.3 Å². The number of nitrogens with zero attached hydrogens (tertiary/aromatic N) is 1. The van der Waals surface area contributed by atoms with Crippen LogP contribution in [-0.2, 0) is 0 Å². The van der Waals surface area contributed by atoms with Gasteiger partial charge >= 0.3 is 0 Å². The van der Waals surface area contributed by atoms with Gasteiger partial charge in [0.25, 0.3) is 5.91 Å². The maximum Gasteiger partial charge on any atom is 0.252 e. The summed E-state index contributed by atoms with van der Waals surface area (Å²) in [5.41, 5.74) is 2.41. The van der Waals surface area contributed by atoms with E-state index in [-0.39, 0.29) is 11.9 Å². The van der Waals surface area contributed by atoms with E-state index >= 15 is 0 Å². The lowest BCUT2D eigenvalue weighted by molar-refractivity contribution is 0.0942. The smallest absolute Gasteiger partial charge is 0.252 e. The minimum atomic E-state index is -0.288. The number of rotatable bonds is 6. The van der Waals surface area contributed by atoms with E-state index in [4.69, 9.17) is 9.47 Å². The van der Waals surface area contributed by atoms with E-state index in [9.17, 15) is 4.79 Å². The molecule has 0 radical (unpaired) electrons. The van der Waals surface area contributed by atoms with Gasteiger partial charge in [-0.1, -0.05) is 30.3 Å². The minimum Gasteiger partial charge on any atom is -0.497 e. The van der Waals surface area contributed by atoms with Gasteiger partial charge in [0.15, 0.2) is 0 Å². The molecule has 3 rings (SSSR count). The molecule has 26 heavy (non-hydrogen) atoms. The zero-order valence-corrected chi connectivity index (χ0v) is 14.7. The maximum atomic E-state index is 12.9. The van der Waals surface area contributed by atoms with Crippen LogP contribution in [0.15, 0.2) is 73.1 Å². The first-order valence-electron chi connectivity index (χ1n) is 8.20. The quantitative estimate of drug-likeness (QED) is 0.739. The number of ether oxygens (including phenoxy) is 2. The number of pyridine rings is 1. The Balaban J connectivity index is 1.93. The van der Waals surface area contributed by atoms with E-state index < -0.39 is 0 Å². The summed E-state index contributed by atoms with van der Waals surface area (Å²) in [5.74, 6) is 0.914. The predicted octanol–water partition coefficient (Wildman–Crippen LogP) is 3.62. The highest BCUT2D eigenvalue weighted by Crippen LogP contribution is 2.25. The fraction of sp³-hybridized carbons (Fsp3) is 0.143. The number of benzene rings is 2. The van der Waals surface area contributed by atoms with Crippen molar-refractivity contribution in [2.24, 2.45) is 0 Å².